The molecule has 0 unspecified atom stereocenters. The molecule has 10 heteroatoms. The van der Waals surface area contributed by atoms with Gasteiger partial charge in [0.1, 0.15) is 12.4 Å². The third-order valence-corrected chi connectivity index (χ3v) is 5.97. The van der Waals surface area contributed by atoms with Crippen molar-refractivity contribution in [2.75, 3.05) is 13.7 Å². The summed E-state index contributed by atoms with van der Waals surface area (Å²) in [7, 11) is -2.14. The summed E-state index contributed by atoms with van der Waals surface area (Å²) >= 11 is 6.41. The van der Waals surface area contributed by atoms with Crippen LogP contribution in [0.4, 0.5) is 4.39 Å². The molecule has 33 heavy (non-hydrogen) atoms. The van der Waals surface area contributed by atoms with Crippen LogP contribution in [0.15, 0.2) is 65.6 Å². The minimum atomic E-state index is -3.68. The maximum atomic E-state index is 13.0. The monoisotopic (exact) mass is 514 g/mol. The summed E-state index contributed by atoms with van der Waals surface area (Å²) in [6.45, 7) is 1.47. The van der Waals surface area contributed by atoms with Crippen LogP contribution >= 0.6 is 24.0 Å². The van der Waals surface area contributed by atoms with Gasteiger partial charge in [0.05, 0.1) is 17.0 Å². The average molecular weight is 515 g/mol. The molecule has 6 nitrogen and oxygen atoms in total. The third kappa shape index (κ3) is 7.87. The summed E-state index contributed by atoms with van der Waals surface area (Å²) in [5.41, 5.74) is 2.72. The zero-order chi connectivity index (χ0) is 23.1. The first-order chi connectivity index (χ1) is 15.3. The second kappa shape index (κ2) is 12.2. The summed E-state index contributed by atoms with van der Waals surface area (Å²) in [4.78, 5) is 0.0951. The molecular weight excluding hydrogens is 490 g/mol. The van der Waals surface area contributed by atoms with E-state index >= 15 is 0 Å². The Bertz CT molecular complexity index is 1160. The van der Waals surface area contributed by atoms with E-state index in [1.807, 2.05) is 6.07 Å². The molecule has 0 saturated heterocycles. The first kappa shape index (κ1) is 26.9. The minimum Gasteiger partial charge on any atom is -0.493 e. The molecule has 0 aliphatic heterocycles. The maximum Gasteiger partial charge on any atom is 0.238 e. The van der Waals surface area contributed by atoms with E-state index in [9.17, 15) is 12.8 Å². The summed E-state index contributed by atoms with van der Waals surface area (Å²) in [6, 6.07) is 16.2. The molecule has 0 aromatic heterocycles. The Hall–Kier alpha value is -2.36. The fraction of sp³-hybridized carbons (Fsp3) is 0.217. The largest absolute Gasteiger partial charge is 0.493 e. The van der Waals surface area contributed by atoms with Crippen molar-refractivity contribution in [1.29, 1.82) is 0 Å². The van der Waals surface area contributed by atoms with Gasteiger partial charge >= 0.3 is 0 Å². The average Bonchev–Trinajstić information content (AvgIpc) is 2.76. The summed E-state index contributed by atoms with van der Waals surface area (Å²) in [6.07, 6.45) is 0.717. The van der Waals surface area contributed by atoms with Crippen LogP contribution in [-0.2, 0) is 29.6 Å². The van der Waals surface area contributed by atoms with Gasteiger partial charge in [0.2, 0.25) is 10.0 Å². The van der Waals surface area contributed by atoms with Gasteiger partial charge in [-0.15, -0.1) is 12.4 Å². The van der Waals surface area contributed by atoms with Gasteiger partial charge in [0.15, 0.2) is 11.5 Å². The van der Waals surface area contributed by atoms with Crippen LogP contribution in [0.2, 0.25) is 5.02 Å². The number of hydrogen-bond donors (Lipinski definition) is 2. The number of rotatable bonds is 10. The molecule has 3 N–H and O–H groups in total. The second-order valence-corrected chi connectivity index (χ2v) is 9.11. The van der Waals surface area contributed by atoms with Gasteiger partial charge < -0.3 is 14.8 Å². The van der Waals surface area contributed by atoms with Crippen LogP contribution in [0.25, 0.3) is 0 Å². The maximum absolute atomic E-state index is 13.0. The van der Waals surface area contributed by atoms with Crippen molar-refractivity contribution >= 4 is 34.0 Å². The molecule has 0 fully saturated rings. The van der Waals surface area contributed by atoms with Crippen LogP contribution in [-0.4, -0.2) is 22.1 Å². The molecule has 0 aliphatic carbocycles. The number of nitrogens with two attached hydrogens (primary N) is 1. The van der Waals surface area contributed by atoms with E-state index in [0.717, 1.165) is 16.7 Å². The Balaban J connectivity index is 0.00000385. The SMILES string of the molecule is COc1cc(CNCCc2ccc(S(N)(=O)=O)cc2)cc(Cl)c1OCc1ccc(F)cc1.Cl. The van der Waals surface area contributed by atoms with Crippen molar-refractivity contribution in [2.24, 2.45) is 5.14 Å². The van der Waals surface area contributed by atoms with Gasteiger partial charge in [-0.1, -0.05) is 35.9 Å². The van der Waals surface area contributed by atoms with Crippen LogP contribution in [0.5, 0.6) is 11.5 Å². The fourth-order valence-electron chi connectivity index (χ4n) is 3.06. The molecule has 0 amide bonds. The quantitative estimate of drug-likeness (QED) is 0.389. The van der Waals surface area contributed by atoms with Crippen LogP contribution in [0.3, 0.4) is 0 Å². The lowest BCUT2D eigenvalue weighted by molar-refractivity contribution is 0.284. The highest BCUT2D eigenvalue weighted by Crippen LogP contribution is 2.37. The molecule has 0 spiro atoms. The lowest BCUT2D eigenvalue weighted by Crippen LogP contribution is -2.17. The van der Waals surface area contributed by atoms with E-state index in [1.54, 1.807) is 37.4 Å². The highest BCUT2D eigenvalue weighted by molar-refractivity contribution is 7.89. The number of nitrogens with one attached hydrogen (secondary N) is 1. The molecule has 0 atom stereocenters. The zero-order valence-electron chi connectivity index (χ0n) is 17.9. The van der Waals surface area contributed by atoms with Crippen molar-refractivity contribution in [3.8, 4) is 11.5 Å². The third-order valence-electron chi connectivity index (χ3n) is 4.76. The molecule has 0 saturated carbocycles. The van der Waals surface area contributed by atoms with Gasteiger partial charge in [-0.25, -0.2) is 17.9 Å². The Morgan fingerprint density at radius 1 is 1.00 bits per heavy atom. The number of benzene rings is 3. The highest BCUT2D eigenvalue weighted by Gasteiger charge is 2.13. The van der Waals surface area contributed by atoms with E-state index in [4.69, 9.17) is 26.2 Å². The number of sulfonamides is 1. The topological polar surface area (TPSA) is 90.6 Å². The molecule has 178 valence electrons. The van der Waals surface area contributed by atoms with Gasteiger partial charge in [-0.05, 0) is 66.1 Å². The summed E-state index contributed by atoms with van der Waals surface area (Å²) in [5, 5.41) is 8.85. The number of ether oxygens (including phenoxy) is 2. The van der Waals surface area contributed by atoms with Gasteiger partial charge in [0, 0.05) is 6.54 Å². The number of hydrogen-bond acceptors (Lipinski definition) is 5. The molecule has 0 radical (unpaired) electrons. The molecule has 0 aliphatic rings. The summed E-state index contributed by atoms with van der Waals surface area (Å²) in [5.74, 6) is 0.633. The molecule has 3 aromatic rings. The van der Waals surface area contributed by atoms with E-state index in [0.29, 0.717) is 36.0 Å². The first-order valence-corrected chi connectivity index (χ1v) is 11.7. The van der Waals surface area contributed by atoms with Crippen LogP contribution in [0.1, 0.15) is 16.7 Å². The normalized spacial score (nSPS) is 11.0. The summed E-state index contributed by atoms with van der Waals surface area (Å²) < 4.78 is 46.9. The molecule has 3 rings (SSSR count). The number of halogens is 3. The van der Waals surface area contributed by atoms with Crippen molar-refractivity contribution in [3.05, 3.63) is 88.2 Å². The first-order valence-electron chi connectivity index (χ1n) is 9.82. The highest BCUT2D eigenvalue weighted by atomic mass is 35.5. The lowest BCUT2D eigenvalue weighted by Gasteiger charge is -2.15. The molecule has 0 heterocycles. The molecule has 0 bridgehead atoms. The van der Waals surface area contributed by atoms with Gasteiger partial charge in [-0.2, -0.15) is 0 Å². The van der Waals surface area contributed by atoms with Crippen molar-refractivity contribution in [1.82, 2.24) is 5.32 Å². The van der Waals surface area contributed by atoms with Crippen molar-refractivity contribution in [3.63, 3.8) is 0 Å². The Labute approximate surface area is 204 Å². The standard InChI is InChI=1S/C23H24ClFN2O4S.ClH/c1-30-22-13-18(12-21(24)23(22)31-15-17-2-6-19(25)7-3-17)14-27-11-10-16-4-8-20(9-5-16)32(26,28)29;/h2-9,12-13,27H,10-11,14-15H2,1H3,(H2,26,28,29);1H. The predicted molar refractivity (Wildman–Crippen MR) is 129 cm³/mol. The Kier molecular flexibility index (Phi) is 9.94. The van der Waals surface area contributed by atoms with Gasteiger partial charge in [-0.3, -0.25) is 0 Å². The molecule has 3 aromatic carbocycles. The predicted octanol–water partition coefficient (Wildman–Crippen LogP) is 4.47. The van der Waals surface area contributed by atoms with Crippen LogP contribution < -0.4 is 19.9 Å². The van der Waals surface area contributed by atoms with Gasteiger partial charge in [0.25, 0.3) is 0 Å². The lowest BCUT2D eigenvalue weighted by atomic mass is 10.1. The second-order valence-electron chi connectivity index (χ2n) is 7.14. The zero-order valence-corrected chi connectivity index (χ0v) is 20.3. The van der Waals surface area contributed by atoms with Crippen LogP contribution in [0, 0.1) is 5.82 Å². The number of methoxy groups -OCH3 is 1. The van der Waals surface area contributed by atoms with Crippen molar-refractivity contribution < 1.29 is 22.3 Å². The molecular formula is C23H25Cl2FN2O4S. The van der Waals surface area contributed by atoms with E-state index in [1.165, 1.54) is 24.3 Å². The van der Waals surface area contributed by atoms with E-state index < -0.39 is 10.0 Å². The van der Waals surface area contributed by atoms with Crippen molar-refractivity contribution in [2.45, 2.75) is 24.5 Å². The van der Waals surface area contributed by atoms with E-state index in [-0.39, 0.29) is 29.7 Å². The van der Waals surface area contributed by atoms with E-state index in [2.05, 4.69) is 5.32 Å². The smallest absolute Gasteiger partial charge is 0.238 e. The minimum absolute atomic E-state index is 0. The Morgan fingerprint density at radius 3 is 2.24 bits per heavy atom. The number of primary sulfonamides is 1. The fourth-order valence-corrected chi connectivity index (χ4v) is 3.87. The Morgan fingerprint density at radius 2 is 1.64 bits per heavy atom.